The van der Waals surface area contributed by atoms with Crippen LogP contribution in [0.1, 0.15) is 37.7 Å². The van der Waals surface area contributed by atoms with Gasteiger partial charge in [-0.3, -0.25) is 4.90 Å². The molecule has 0 radical (unpaired) electrons. The zero-order valence-electron chi connectivity index (χ0n) is 17.0. The van der Waals surface area contributed by atoms with Gasteiger partial charge < -0.3 is 14.9 Å². The van der Waals surface area contributed by atoms with Gasteiger partial charge >= 0.3 is 0 Å². The molecule has 0 bridgehead atoms. The van der Waals surface area contributed by atoms with Crippen molar-refractivity contribution >= 4 is 0 Å². The van der Waals surface area contributed by atoms with Crippen molar-refractivity contribution in [3.8, 4) is 0 Å². The third-order valence-electron chi connectivity index (χ3n) is 7.35. The van der Waals surface area contributed by atoms with Crippen molar-refractivity contribution in [2.45, 2.75) is 50.7 Å². The van der Waals surface area contributed by atoms with Gasteiger partial charge in [0.1, 0.15) is 0 Å². The summed E-state index contributed by atoms with van der Waals surface area (Å²) in [5.41, 5.74) is 1.57. The van der Waals surface area contributed by atoms with E-state index in [1.165, 1.54) is 57.4 Å². The van der Waals surface area contributed by atoms with Crippen LogP contribution >= 0.6 is 0 Å². The number of piperidine rings is 3. The van der Waals surface area contributed by atoms with Crippen molar-refractivity contribution < 1.29 is 5.11 Å². The van der Waals surface area contributed by atoms with Crippen LogP contribution in [0.5, 0.6) is 0 Å². The van der Waals surface area contributed by atoms with Crippen LogP contribution < -0.4 is 0 Å². The molecule has 150 valence electrons. The molecule has 3 heterocycles. The molecule has 4 rings (SSSR count). The Labute approximate surface area is 165 Å². The number of nitrogens with zero attached hydrogens (tertiary/aromatic N) is 3. The van der Waals surface area contributed by atoms with Gasteiger partial charge in [0, 0.05) is 37.6 Å². The number of hydrogen-bond acceptors (Lipinski definition) is 4. The Kier molecular flexibility index (Phi) is 6.18. The van der Waals surface area contributed by atoms with Gasteiger partial charge in [0.05, 0.1) is 6.10 Å². The highest BCUT2D eigenvalue weighted by atomic mass is 16.3. The molecule has 4 nitrogen and oxygen atoms in total. The summed E-state index contributed by atoms with van der Waals surface area (Å²) in [6.07, 6.45) is 7.03. The lowest BCUT2D eigenvalue weighted by atomic mass is 9.71. The topological polar surface area (TPSA) is 30.0 Å². The maximum absolute atomic E-state index is 10.8. The summed E-state index contributed by atoms with van der Waals surface area (Å²) in [4.78, 5) is 7.81. The summed E-state index contributed by atoms with van der Waals surface area (Å²) in [7, 11) is 2.22. The first-order valence-electron chi connectivity index (χ1n) is 11.0. The Balaban J connectivity index is 1.28. The minimum absolute atomic E-state index is 0.109. The molecule has 1 spiro atoms. The van der Waals surface area contributed by atoms with Gasteiger partial charge in [-0.15, -0.1) is 0 Å². The summed E-state index contributed by atoms with van der Waals surface area (Å²) in [5.74, 6) is 0. The largest absolute Gasteiger partial charge is 0.392 e. The summed E-state index contributed by atoms with van der Waals surface area (Å²) < 4.78 is 0. The van der Waals surface area contributed by atoms with E-state index in [1.807, 2.05) is 0 Å². The van der Waals surface area contributed by atoms with Gasteiger partial charge in [0.15, 0.2) is 0 Å². The highest BCUT2D eigenvalue weighted by molar-refractivity contribution is 5.14. The third kappa shape index (κ3) is 4.56. The van der Waals surface area contributed by atoms with E-state index in [1.54, 1.807) is 0 Å². The van der Waals surface area contributed by atoms with Crippen LogP contribution in [0.15, 0.2) is 30.3 Å². The van der Waals surface area contributed by atoms with Gasteiger partial charge in [-0.05, 0) is 70.8 Å². The predicted octanol–water partition coefficient (Wildman–Crippen LogP) is 2.47. The second-order valence-electron chi connectivity index (χ2n) is 9.29. The minimum atomic E-state index is -0.109. The van der Waals surface area contributed by atoms with Crippen molar-refractivity contribution in [1.82, 2.24) is 14.7 Å². The number of aliphatic hydroxyl groups is 1. The number of hydrogen-bond donors (Lipinski definition) is 1. The predicted molar refractivity (Wildman–Crippen MR) is 111 cm³/mol. The van der Waals surface area contributed by atoms with E-state index in [0.717, 1.165) is 38.5 Å². The molecule has 3 aliphatic heterocycles. The lowest BCUT2D eigenvalue weighted by Crippen LogP contribution is -2.60. The molecule has 0 amide bonds. The first-order chi connectivity index (χ1) is 13.1. The second-order valence-corrected chi connectivity index (χ2v) is 9.29. The molecule has 3 aliphatic rings. The monoisotopic (exact) mass is 371 g/mol. The molecule has 0 unspecified atom stereocenters. The van der Waals surface area contributed by atoms with Crippen molar-refractivity contribution in [3.05, 3.63) is 35.9 Å². The molecular formula is C23H37N3O. The normalized spacial score (nSPS) is 32.1. The van der Waals surface area contributed by atoms with E-state index < -0.39 is 0 Å². The molecule has 4 heteroatoms. The average Bonchev–Trinajstić information content (AvgIpc) is 2.71. The lowest BCUT2D eigenvalue weighted by Gasteiger charge is -2.52. The number of rotatable bonds is 4. The third-order valence-corrected chi connectivity index (χ3v) is 7.35. The standard InChI is InChI=1S/C23H37N3O/c1-24-14-11-22(27)23(18-24)12-5-13-26(19-23)21-9-16-25(17-10-21)15-8-20-6-3-2-4-7-20/h2-4,6-7,21-22,27H,5,8-19H2,1H3/t22-,23-/m0/s1. The fraction of sp³-hybridized carbons (Fsp3) is 0.739. The van der Waals surface area contributed by atoms with Crippen molar-refractivity contribution in [2.24, 2.45) is 5.41 Å². The average molecular weight is 372 g/mol. The number of benzene rings is 1. The smallest absolute Gasteiger partial charge is 0.0633 e. The first kappa shape index (κ1) is 19.4. The summed E-state index contributed by atoms with van der Waals surface area (Å²) >= 11 is 0. The Hall–Kier alpha value is -0.940. The maximum Gasteiger partial charge on any atom is 0.0633 e. The summed E-state index contributed by atoms with van der Waals surface area (Å²) in [6.45, 7) is 8.08. The van der Waals surface area contributed by atoms with Crippen LogP contribution in [-0.4, -0.2) is 84.8 Å². The number of likely N-dealkylation sites (tertiary alicyclic amines) is 3. The van der Waals surface area contributed by atoms with Crippen LogP contribution in [0.3, 0.4) is 0 Å². The molecule has 2 atom stereocenters. The summed E-state index contributed by atoms with van der Waals surface area (Å²) in [6, 6.07) is 11.6. The Morgan fingerprint density at radius 2 is 1.78 bits per heavy atom. The van der Waals surface area contributed by atoms with Crippen LogP contribution in [0.4, 0.5) is 0 Å². The minimum Gasteiger partial charge on any atom is -0.392 e. The fourth-order valence-corrected chi connectivity index (χ4v) is 5.72. The van der Waals surface area contributed by atoms with Crippen molar-refractivity contribution in [3.63, 3.8) is 0 Å². The van der Waals surface area contributed by atoms with Crippen LogP contribution in [0.2, 0.25) is 0 Å². The van der Waals surface area contributed by atoms with E-state index >= 15 is 0 Å². The van der Waals surface area contributed by atoms with E-state index in [4.69, 9.17) is 0 Å². The Morgan fingerprint density at radius 3 is 2.56 bits per heavy atom. The molecular weight excluding hydrogens is 334 g/mol. The zero-order valence-corrected chi connectivity index (χ0v) is 17.0. The molecule has 0 aliphatic carbocycles. The van der Waals surface area contributed by atoms with E-state index in [9.17, 15) is 5.11 Å². The van der Waals surface area contributed by atoms with Crippen molar-refractivity contribution in [2.75, 3.05) is 52.9 Å². The summed E-state index contributed by atoms with van der Waals surface area (Å²) in [5, 5.41) is 10.8. The molecule has 1 aromatic rings. The molecule has 0 saturated carbocycles. The molecule has 27 heavy (non-hydrogen) atoms. The van der Waals surface area contributed by atoms with Crippen molar-refractivity contribution in [1.29, 1.82) is 0 Å². The van der Waals surface area contributed by atoms with Gasteiger partial charge in [0.25, 0.3) is 0 Å². The molecule has 3 saturated heterocycles. The van der Waals surface area contributed by atoms with E-state index in [2.05, 4.69) is 52.1 Å². The Morgan fingerprint density at radius 1 is 1.00 bits per heavy atom. The second kappa shape index (κ2) is 8.60. The zero-order chi connectivity index (χ0) is 18.7. The molecule has 1 N–H and O–H groups in total. The quantitative estimate of drug-likeness (QED) is 0.881. The maximum atomic E-state index is 10.8. The van der Waals surface area contributed by atoms with Gasteiger partial charge in [-0.25, -0.2) is 0 Å². The van der Waals surface area contributed by atoms with E-state index in [0.29, 0.717) is 0 Å². The molecule has 1 aromatic carbocycles. The highest BCUT2D eigenvalue weighted by Crippen LogP contribution is 2.39. The lowest BCUT2D eigenvalue weighted by molar-refractivity contribution is -0.0905. The number of aliphatic hydroxyl groups excluding tert-OH is 1. The first-order valence-corrected chi connectivity index (χ1v) is 11.0. The van der Waals surface area contributed by atoms with Gasteiger partial charge in [0.2, 0.25) is 0 Å². The molecule has 0 aromatic heterocycles. The van der Waals surface area contributed by atoms with Gasteiger partial charge in [-0.1, -0.05) is 30.3 Å². The fourth-order valence-electron chi connectivity index (χ4n) is 5.72. The van der Waals surface area contributed by atoms with Gasteiger partial charge in [-0.2, -0.15) is 0 Å². The SMILES string of the molecule is CN1CC[C@H](O)[C@@]2(CCCN(C3CCN(CCc4ccccc4)CC3)C2)C1. The highest BCUT2D eigenvalue weighted by Gasteiger charge is 2.45. The van der Waals surface area contributed by atoms with E-state index in [-0.39, 0.29) is 11.5 Å². The molecule has 3 fully saturated rings. The van der Waals surface area contributed by atoms with Crippen LogP contribution in [0.25, 0.3) is 0 Å². The van der Waals surface area contributed by atoms with Crippen LogP contribution in [0, 0.1) is 5.41 Å². The Bertz CT molecular complexity index is 587. The van der Waals surface area contributed by atoms with Crippen LogP contribution in [-0.2, 0) is 6.42 Å².